The van der Waals surface area contributed by atoms with Gasteiger partial charge in [0, 0.05) is 18.6 Å². The molecule has 0 saturated carbocycles. The van der Waals surface area contributed by atoms with Crippen molar-refractivity contribution in [3.8, 4) is 6.07 Å². The molecule has 2 rings (SSSR count). The van der Waals surface area contributed by atoms with Crippen LogP contribution in [0.25, 0.3) is 0 Å². The SMILES string of the molecule is Cc1nc(C(C)NC(=O)C2(C#N)CCOCC2)cs1. The second kappa shape index (κ2) is 5.68. The molecule has 2 heterocycles. The predicted molar refractivity (Wildman–Crippen MR) is 71.5 cm³/mol. The lowest BCUT2D eigenvalue weighted by Crippen LogP contribution is -2.44. The third-order valence-corrected chi connectivity index (χ3v) is 4.21. The monoisotopic (exact) mass is 279 g/mol. The molecule has 1 unspecified atom stereocenters. The van der Waals surface area contributed by atoms with Gasteiger partial charge in [0.05, 0.1) is 22.8 Å². The Morgan fingerprint density at radius 1 is 1.63 bits per heavy atom. The Hall–Kier alpha value is -1.45. The van der Waals surface area contributed by atoms with Gasteiger partial charge in [-0.3, -0.25) is 4.79 Å². The Kier molecular flexibility index (Phi) is 4.17. The third kappa shape index (κ3) is 2.94. The Labute approximate surface area is 116 Å². The number of hydrogen-bond donors (Lipinski definition) is 1. The van der Waals surface area contributed by atoms with Crippen LogP contribution in [0.2, 0.25) is 0 Å². The molecule has 1 saturated heterocycles. The summed E-state index contributed by atoms with van der Waals surface area (Å²) >= 11 is 1.55. The zero-order valence-electron chi connectivity index (χ0n) is 11.1. The van der Waals surface area contributed by atoms with Crippen molar-refractivity contribution in [2.75, 3.05) is 13.2 Å². The minimum atomic E-state index is -0.947. The van der Waals surface area contributed by atoms with E-state index in [1.807, 2.05) is 19.2 Å². The molecule has 1 atom stereocenters. The predicted octanol–water partition coefficient (Wildman–Crippen LogP) is 1.95. The molecule has 1 aliphatic rings. The van der Waals surface area contributed by atoms with E-state index in [1.165, 1.54) is 0 Å². The van der Waals surface area contributed by atoms with Gasteiger partial charge in [0.2, 0.25) is 5.91 Å². The van der Waals surface area contributed by atoms with Crippen molar-refractivity contribution in [2.24, 2.45) is 5.41 Å². The number of nitriles is 1. The number of carbonyl (C=O) groups is 1. The Morgan fingerprint density at radius 2 is 2.32 bits per heavy atom. The molecule has 1 aliphatic heterocycles. The summed E-state index contributed by atoms with van der Waals surface area (Å²) in [4.78, 5) is 16.7. The largest absolute Gasteiger partial charge is 0.381 e. The second-order valence-corrected chi connectivity index (χ2v) is 5.86. The molecule has 0 radical (unpaired) electrons. The molecule has 102 valence electrons. The number of hydrogen-bond acceptors (Lipinski definition) is 5. The lowest BCUT2D eigenvalue weighted by Gasteiger charge is -2.30. The summed E-state index contributed by atoms with van der Waals surface area (Å²) in [5, 5.41) is 15.1. The number of ether oxygens (including phenoxy) is 1. The summed E-state index contributed by atoms with van der Waals surface area (Å²) in [6.45, 7) is 4.74. The highest BCUT2D eigenvalue weighted by molar-refractivity contribution is 7.09. The molecular formula is C13H17N3O2S. The number of nitrogens with zero attached hydrogens (tertiary/aromatic N) is 2. The highest BCUT2D eigenvalue weighted by Gasteiger charge is 2.41. The van der Waals surface area contributed by atoms with E-state index in [-0.39, 0.29) is 11.9 Å². The Bertz CT molecular complexity index is 500. The lowest BCUT2D eigenvalue weighted by molar-refractivity contribution is -0.133. The fourth-order valence-corrected chi connectivity index (χ4v) is 2.80. The number of thiazole rings is 1. The zero-order chi connectivity index (χ0) is 13.9. The van der Waals surface area contributed by atoms with Crippen molar-refractivity contribution < 1.29 is 9.53 Å². The van der Waals surface area contributed by atoms with Crippen molar-refractivity contribution in [1.29, 1.82) is 5.26 Å². The van der Waals surface area contributed by atoms with E-state index in [1.54, 1.807) is 11.3 Å². The first-order valence-electron chi connectivity index (χ1n) is 6.29. The average molecular weight is 279 g/mol. The van der Waals surface area contributed by atoms with Gasteiger partial charge < -0.3 is 10.1 Å². The molecule has 0 spiro atoms. The highest BCUT2D eigenvalue weighted by Crippen LogP contribution is 2.30. The summed E-state index contributed by atoms with van der Waals surface area (Å²) in [6.07, 6.45) is 0.913. The van der Waals surface area contributed by atoms with Gasteiger partial charge in [0.15, 0.2) is 0 Å². The maximum atomic E-state index is 12.3. The Balaban J connectivity index is 2.05. The van der Waals surface area contributed by atoms with Crippen LogP contribution in [0.4, 0.5) is 0 Å². The van der Waals surface area contributed by atoms with Crippen molar-refractivity contribution >= 4 is 17.2 Å². The molecule has 0 aliphatic carbocycles. The fraction of sp³-hybridized carbons (Fsp3) is 0.615. The van der Waals surface area contributed by atoms with Crippen LogP contribution in [-0.2, 0) is 9.53 Å². The fourth-order valence-electron chi connectivity index (χ4n) is 2.10. The molecule has 0 bridgehead atoms. The van der Waals surface area contributed by atoms with Crippen LogP contribution in [0.1, 0.15) is 36.5 Å². The maximum absolute atomic E-state index is 12.3. The van der Waals surface area contributed by atoms with Crippen LogP contribution >= 0.6 is 11.3 Å². The van der Waals surface area contributed by atoms with Gasteiger partial charge in [-0.2, -0.15) is 5.26 Å². The number of carbonyl (C=O) groups excluding carboxylic acids is 1. The molecule has 1 N–H and O–H groups in total. The van der Waals surface area contributed by atoms with E-state index in [4.69, 9.17) is 4.74 Å². The summed E-state index contributed by atoms with van der Waals surface area (Å²) in [5.41, 5.74) is -0.103. The first kappa shape index (κ1) is 14.0. The zero-order valence-corrected chi connectivity index (χ0v) is 11.9. The van der Waals surface area contributed by atoms with Crippen LogP contribution in [0, 0.1) is 23.7 Å². The lowest BCUT2D eigenvalue weighted by atomic mass is 9.80. The van der Waals surface area contributed by atoms with Crippen molar-refractivity contribution in [3.63, 3.8) is 0 Å². The molecule has 1 amide bonds. The number of rotatable bonds is 3. The Morgan fingerprint density at radius 3 is 2.84 bits per heavy atom. The van der Waals surface area contributed by atoms with Gasteiger partial charge in [-0.25, -0.2) is 4.98 Å². The minimum absolute atomic E-state index is 0.175. The van der Waals surface area contributed by atoms with E-state index >= 15 is 0 Å². The number of amides is 1. The number of nitrogens with one attached hydrogen (secondary N) is 1. The third-order valence-electron chi connectivity index (χ3n) is 3.42. The normalized spacial score (nSPS) is 19.4. The van der Waals surface area contributed by atoms with Crippen molar-refractivity contribution in [2.45, 2.75) is 32.7 Å². The van der Waals surface area contributed by atoms with Gasteiger partial charge >= 0.3 is 0 Å². The number of aryl methyl sites for hydroxylation is 1. The summed E-state index contributed by atoms with van der Waals surface area (Å²) in [7, 11) is 0. The van der Waals surface area contributed by atoms with E-state index in [0.717, 1.165) is 10.7 Å². The molecule has 1 aromatic rings. The van der Waals surface area contributed by atoms with Gasteiger partial charge in [-0.15, -0.1) is 11.3 Å². The van der Waals surface area contributed by atoms with Gasteiger partial charge in [0.25, 0.3) is 0 Å². The molecule has 1 aromatic heterocycles. The van der Waals surface area contributed by atoms with Gasteiger partial charge in [-0.1, -0.05) is 0 Å². The maximum Gasteiger partial charge on any atom is 0.241 e. The molecule has 1 fully saturated rings. The average Bonchev–Trinajstić information content (AvgIpc) is 2.86. The van der Waals surface area contributed by atoms with E-state index < -0.39 is 5.41 Å². The van der Waals surface area contributed by atoms with E-state index in [2.05, 4.69) is 16.4 Å². The van der Waals surface area contributed by atoms with Crippen LogP contribution < -0.4 is 5.32 Å². The van der Waals surface area contributed by atoms with E-state index in [0.29, 0.717) is 26.1 Å². The molecule has 6 heteroatoms. The number of aromatic nitrogens is 1. The van der Waals surface area contributed by atoms with Crippen LogP contribution in [0.5, 0.6) is 0 Å². The minimum Gasteiger partial charge on any atom is -0.381 e. The quantitative estimate of drug-likeness (QED) is 0.917. The van der Waals surface area contributed by atoms with Gasteiger partial charge in [-0.05, 0) is 26.7 Å². The van der Waals surface area contributed by atoms with Crippen LogP contribution in [-0.4, -0.2) is 24.1 Å². The first-order valence-corrected chi connectivity index (χ1v) is 7.17. The summed E-state index contributed by atoms with van der Waals surface area (Å²) < 4.78 is 5.23. The van der Waals surface area contributed by atoms with E-state index in [9.17, 15) is 10.1 Å². The van der Waals surface area contributed by atoms with Gasteiger partial charge in [0.1, 0.15) is 5.41 Å². The molecule has 19 heavy (non-hydrogen) atoms. The summed E-state index contributed by atoms with van der Waals surface area (Å²) in [5.74, 6) is -0.212. The standard InChI is InChI=1S/C13H17N3O2S/c1-9(11-7-19-10(2)16-11)15-12(17)13(8-14)3-5-18-6-4-13/h7,9H,3-6H2,1-2H3,(H,15,17). The summed E-state index contributed by atoms with van der Waals surface area (Å²) in [6, 6.07) is 1.99. The molecule has 0 aromatic carbocycles. The second-order valence-electron chi connectivity index (χ2n) is 4.79. The van der Waals surface area contributed by atoms with Crippen LogP contribution in [0.3, 0.4) is 0 Å². The van der Waals surface area contributed by atoms with Crippen molar-refractivity contribution in [3.05, 3.63) is 16.1 Å². The van der Waals surface area contributed by atoms with Crippen molar-refractivity contribution in [1.82, 2.24) is 10.3 Å². The first-order chi connectivity index (χ1) is 9.07. The highest BCUT2D eigenvalue weighted by atomic mass is 32.1. The molecular weight excluding hydrogens is 262 g/mol. The molecule has 5 nitrogen and oxygen atoms in total. The van der Waals surface area contributed by atoms with Crippen LogP contribution in [0.15, 0.2) is 5.38 Å². The topological polar surface area (TPSA) is 75.0 Å². The smallest absolute Gasteiger partial charge is 0.241 e.